The Morgan fingerprint density at radius 2 is 2.20 bits per heavy atom. The standard InChI is InChI=1S/C12H15NO2/c1-2-3-10-15-12(14)5-4-11-6-8-13-9-7-11/h4-9H,2-3,10H2,1H3/b5-4+. The largest absolute Gasteiger partial charge is 0.463 e. The van der Waals surface area contributed by atoms with Gasteiger partial charge < -0.3 is 4.74 Å². The Balaban J connectivity index is 2.34. The SMILES string of the molecule is CCCCOC(=O)/C=C/c1ccncc1. The Kier molecular flexibility index (Phi) is 5.15. The zero-order valence-corrected chi connectivity index (χ0v) is 8.85. The predicted molar refractivity (Wildman–Crippen MR) is 59.1 cm³/mol. The third-order valence-electron chi connectivity index (χ3n) is 1.86. The molecule has 3 heteroatoms. The van der Waals surface area contributed by atoms with Crippen LogP contribution in [0, 0.1) is 0 Å². The van der Waals surface area contributed by atoms with Crippen LogP contribution in [-0.2, 0) is 9.53 Å². The van der Waals surface area contributed by atoms with Crippen LogP contribution < -0.4 is 0 Å². The number of pyridine rings is 1. The van der Waals surface area contributed by atoms with Crippen LogP contribution in [0.5, 0.6) is 0 Å². The van der Waals surface area contributed by atoms with Crippen molar-refractivity contribution in [2.75, 3.05) is 6.61 Å². The molecule has 0 spiro atoms. The van der Waals surface area contributed by atoms with Gasteiger partial charge in [0.05, 0.1) is 6.61 Å². The van der Waals surface area contributed by atoms with Crippen molar-refractivity contribution < 1.29 is 9.53 Å². The smallest absolute Gasteiger partial charge is 0.330 e. The Labute approximate surface area is 89.8 Å². The lowest BCUT2D eigenvalue weighted by Crippen LogP contribution is -2.01. The normalized spacial score (nSPS) is 10.5. The average molecular weight is 205 g/mol. The second kappa shape index (κ2) is 6.76. The number of esters is 1. The van der Waals surface area contributed by atoms with E-state index in [0.717, 1.165) is 18.4 Å². The summed E-state index contributed by atoms with van der Waals surface area (Å²) in [6.07, 6.45) is 8.46. The molecule has 0 fully saturated rings. The van der Waals surface area contributed by atoms with Gasteiger partial charge in [0.15, 0.2) is 0 Å². The lowest BCUT2D eigenvalue weighted by atomic mass is 10.2. The van der Waals surface area contributed by atoms with Crippen LogP contribution in [0.3, 0.4) is 0 Å². The van der Waals surface area contributed by atoms with E-state index in [9.17, 15) is 4.79 Å². The summed E-state index contributed by atoms with van der Waals surface area (Å²) in [4.78, 5) is 15.0. The summed E-state index contributed by atoms with van der Waals surface area (Å²) in [5, 5.41) is 0. The molecule has 0 unspecified atom stereocenters. The molecule has 80 valence electrons. The fourth-order valence-corrected chi connectivity index (χ4v) is 1.00. The van der Waals surface area contributed by atoms with E-state index < -0.39 is 0 Å². The summed E-state index contributed by atoms with van der Waals surface area (Å²) < 4.78 is 4.96. The van der Waals surface area contributed by atoms with Crippen LogP contribution in [0.1, 0.15) is 25.3 Å². The van der Waals surface area contributed by atoms with E-state index in [1.807, 2.05) is 12.1 Å². The fraction of sp³-hybridized carbons (Fsp3) is 0.333. The first-order valence-electron chi connectivity index (χ1n) is 5.08. The third kappa shape index (κ3) is 4.96. The number of unbranched alkanes of at least 4 members (excludes halogenated alkanes) is 1. The first-order valence-corrected chi connectivity index (χ1v) is 5.08. The highest BCUT2D eigenvalue weighted by atomic mass is 16.5. The van der Waals surface area contributed by atoms with Crippen LogP contribution in [0.15, 0.2) is 30.6 Å². The number of carbonyl (C=O) groups is 1. The average Bonchev–Trinajstić information content (AvgIpc) is 2.28. The van der Waals surface area contributed by atoms with Gasteiger partial charge >= 0.3 is 5.97 Å². The van der Waals surface area contributed by atoms with Crippen molar-refractivity contribution in [3.63, 3.8) is 0 Å². The second-order valence-corrected chi connectivity index (χ2v) is 3.13. The molecule has 0 amide bonds. The lowest BCUT2D eigenvalue weighted by molar-refractivity contribution is -0.137. The van der Waals surface area contributed by atoms with Gasteiger partial charge in [0.2, 0.25) is 0 Å². The van der Waals surface area contributed by atoms with Gasteiger partial charge in [-0.1, -0.05) is 13.3 Å². The summed E-state index contributed by atoms with van der Waals surface area (Å²) >= 11 is 0. The molecule has 0 aliphatic carbocycles. The maximum atomic E-state index is 11.2. The molecule has 0 atom stereocenters. The van der Waals surface area contributed by atoms with Crippen LogP contribution in [0.2, 0.25) is 0 Å². The quantitative estimate of drug-likeness (QED) is 0.421. The van der Waals surface area contributed by atoms with Crippen LogP contribution in [-0.4, -0.2) is 17.6 Å². The van der Waals surface area contributed by atoms with Crippen molar-refractivity contribution in [1.29, 1.82) is 0 Å². The van der Waals surface area contributed by atoms with Gasteiger partial charge in [-0.3, -0.25) is 4.98 Å². The van der Waals surface area contributed by atoms with Gasteiger partial charge in [-0.15, -0.1) is 0 Å². The van der Waals surface area contributed by atoms with Crippen molar-refractivity contribution in [2.24, 2.45) is 0 Å². The molecule has 1 heterocycles. The molecule has 0 aliphatic rings. The number of nitrogens with zero attached hydrogens (tertiary/aromatic N) is 1. The predicted octanol–water partition coefficient (Wildman–Crippen LogP) is 2.44. The number of rotatable bonds is 5. The van der Waals surface area contributed by atoms with Crippen LogP contribution in [0.25, 0.3) is 6.08 Å². The molecule has 1 rings (SSSR count). The van der Waals surface area contributed by atoms with E-state index in [0.29, 0.717) is 6.61 Å². The summed E-state index contributed by atoms with van der Waals surface area (Å²) in [5.74, 6) is -0.291. The molecule has 0 saturated heterocycles. The van der Waals surface area contributed by atoms with Gasteiger partial charge in [0.25, 0.3) is 0 Å². The lowest BCUT2D eigenvalue weighted by Gasteiger charge is -1.98. The minimum atomic E-state index is -0.291. The monoisotopic (exact) mass is 205 g/mol. The number of carbonyl (C=O) groups excluding carboxylic acids is 1. The molecular weight excluding hydrogens is 190 g/mol. The Morgan fingerprint density at radius 1 is 1.47 bits per heavy atom. The molecule has 0 radical (unpaired) electrons. The molecule has 0 saturated carbocycles. The Bertz CT molecular complexity index is 320. The van der Waals surface area contributed by atoms with Gasteiger partial charge in [-0.25, -0.2) is 4.79 Å². The highest BCUT2D eigenvalue weighted by Gasteiger charge is 1.95. The van der Waals surface area contributed by atoms with Gasteiger partial charge in [-0.05, 0) is 30.2 Å². The molecule has 3 nitrogen and oxygen atoms in total. The number of aromatic nitrogens is 1. The van der Waals surface area contributed by atoms with E-state index in [1.165, 1.54) is 6.08 Å². The molecule has 1 aromatic rings. The highest BCUT2D eigenvalue weighted by molar-refractivity contribution is 5.86. The summed E-state index contributed by atoms with van der Waals surface area (Å²) in [7, 11) is 0. The highest BCUT2D eigenvalue weighted by Crippen LogP contribution is 1.99. The molecule has 1 aromatic heterocycles. The van der Waals surface area contributed by atoms with Crippen molar-refractivity contribution in [2.45, 2.75) is 19.8 Å². The van der Waals surface area contributed by atoms with E-state index in [4.69, 9.17) is 4.74 Å². The van der Waals surface area contributed by atoms with E-state index in [-0.39, 0.29) is 5.97 Å². The first kappa shape index (κ1) is 11.4. The molecule has 15 heavy (non-hydrogen) atoms. The van der Waals surface area contributed by atoms with Crippen molar-refractivity contribution >= 4 is 12.0 Å². The second-order valence-electron chi connectivity index (χ2n) is 3.13. The number of hydrogen-bond donors (Lipinski definition) is 0. The summed E-state index contributed by atoms with van der Waals surface area (Å²) in [5.41, 5.74) is 0.942. The van der Waals surface area contributed by atoms with Crippen molar-refractivity contribution in [1.82, 2.24) is 4.98 Å². The van der Waals surface area contributed by atoms with E-state index in [1.54, 1.807) is 18.5 Å². The van der Waals surface area contributed by atoms with E-state index >= 15 is 0 Å². The molecule has 0 bridgehead atoms. The Hall–Kier alpha value is -1.64. The van der Waals surface area contributed by atoms with Crippen molar-refractivity contribution in [3.05, 3.63) is 36.2 Å². The van der Waals surface area contributed by atoms with Crippen LogP contribution >= 0.6 is 0 Å². The molecule has 0 aliphatic heterocycles. The third-order valence-corrected chi connectivity index (χ3v) is 1.86. The first-order chi connectivity index (χ1) is 7.33. The maximum Gasteiger partial charge on any atom is 0.330 e. The number of ether oxygens (including phenoxy) is 1. The van der Waals surface area contributed by atoms with Gasteiger partial charge in [0, 0.05) is 18.5 Å². The topological polar surface area (TPSA) is 39.2 Å². The Morgan fingerprint density at radius 3 is 2.87 bits per heavy atom. The van der Waals surface area contributed by atoms with Gasteiger partial charge in [-0.2, -0.15) is 0 Å². The maximum absolute atomic E-state index is 11.2. The van der Waals surface area contributed by atoms with Crippen molar-refractivity contribution in [3.8, 4) is 0 Å². The number of hydrogen-bond acceptors (Lipinski definition) is 3. The zero-order chi connectivity index (χ0) is 10.9. The molecule has 0 aromatic carbocycles. The zero-order valence-electron chi connectivity index (χ0n) is 8.85. The minimum absolute atomic E-state index is 0.291. The summed E-state index contributed by atoms with van der Waals surface area (Å²) in [6, 6.07) is 3.66. The molecule has 0 N–H and O–H groups in total. The molecular formula is C12H15NO2. The fourth-order valence-electron chi connectivity index (χ4n) is 1.00. The summed E-state index contributed by atoms with van der Waals surface area (Å²) in [6.45, 7) is 2.55. The van der Waals surface area contributed by atoms with E-state index in [2.05, 4.69) is 11.9 Å². The van der Waals surface area contributed by atoms with Crippen LogP contribution in [0.4, 0.5) is 0 Å². The van der Waals surface area contributed by atoms with Gasteiger partial charge in [0.1, 0.15) is 0 Å². The minimum Gasteiger partial charge on any atom is -0.463 e.